The molecule has 1 aliphatic heterocycles. The van der Waals surface area contributed by atoms with Crippen molar-refractivity contribution < 1.29 is 9.53 Å². The Kier molecular flexibility index (Phi) is 4.66. The van der Waals surface area contributed by atoms with E-state index < -0.39 is 0 Å². The fourth-order valence-electron chi connectivity index (χ4n) is 2.38. The normalized spacial score (nSPS) is 19.5. The molecule has 4 nitrogen and oxygen atoms in total. The van der Waals surface area contributed by atoms with Crippen LogP contribution >= 0.6 is 11.6 Å². The Morgan fingerprint density at radius 3 is 3.11 bits per heavy atom. The molecule has 5 heteroatoms. The molecule has 1 aliphatic rings. The predicted octanol–water partition coefficient (Wildman–Crippen LogP) is 2.56. The first kappa shape index (κ1) is 14.2. The summed E-state index contributed by atoms with van der Waals surface area (Å²) in [7, 11) is 0. The van der Waals surface area contributed by atoms with E-state index in [9.17, 15) is 4.79 Å². The Morgan fingerprint density at radius 1 is 1.58 bits per heavy atom. The van der Waals surface area contributed by atoms with Gasteiger partial charge < -0.3 is 15.4 Å². The molecular weight excluding hydrogens is 264 g/mol. The number of likely N-dealkylation sites (tertiary alicyclic amines) is 1. The molecule has 1 amide bonds. The number of ether oxygens (including phenoxy) is 1. The molecule has 1 saturated heterocycles. The smallest absolute Gasteiger partial charge is 0.256 e. The Hall–Kier alpha value is -1.26. The maximum absolute atomic E-state index is 12.5. The van der Waals surface area contributed by atoms with Crippen LogP contribution in [-0.4, -0.2) is 36.6 Å². The fourth-order valence-corrected chi connectivity index (χ4v) is 2.55. The quantitative estimate of drug-likeness (QED) is 0.867. The van der Waals surface area contributed by atoms with E-state index in [1.165, 1.54) is 0 Å². The van der Waals surface area contributed by atoms with Crippen molar-refractivity contribution in [2.45, 2.75) is 25.9 Å². The van der Waals surface area contributed by atoms with E-state index in [1.54, 1.807) is 23.1 Å². The highest BCUT2D eigenvalue weighted by Gasteiger charge is 2.25. The molecule has 0 aliphatic carbocycles. The number of rotatable bonds is 3. The second-order valence-electron chi connectivity index (χ2n) is 4.70. The van der Waals surface area contributed by atoms with Gasteiger partial charge in [-0.25, -0.2) is 0 Å². The van der Waals surface area contributed by atoms with Gasteiger partial charge in [0, 0.05) is 30.4 Å². The van der Waals surface area contributed by atoms with Crippen LogP contribution in [0.15, 0.2) is 18.2 Å². The van der Waals surface area contributed by atoms with Gasteiger partial charge in [-0.3, -0.25) is 4.79 Å². The minimum absolute atomic E-state index is 0.0654. The number of piperidine rings is 1. The van der Waals surface area contributed by atoms with Crippen molar-refractivity contribution in [2.75, 3.05) is 25.4 Å². The Balaban J connectivity index is 2.12. The first-order valence-corrected chi connectivity index (χ1v) is 6.95. The highest BCUT2D eigenvalue weighted by atomic mass is 35.5. The van der Waals surface area contributed by atoms with Crippen LogP contribution in [-0.2, 0) is 4.74 Å². The second kappa shape index (κ2) is 6.26. The van der Waals surface area contributed by atoms with Crippen molar-refractivity contribution >= 4 is 23.2 Å². The van der Waals surface area contributed by atoms with Crippen LogP contribution in [0.1, 0.15) is 30.1 Å². The summed E-state index contributed by atoms with van der Waals surface area (Å²) in [5, 5.41) is 0.524. The van der Waals surface area contributed by atoms with Crippen LogP contribution in [0.25, 0.3) is 0 Å². The van der Waals surface area contributed by atoms with E-state index in [4.69, 9.17) is 22.1 Å². The molecule has 1 aromatic rings. The second-order valence-corrected chi connectivity index (χ2v) is 5.14. The Labute approximate surface area is 118 Å². The van der Waals surface area contributed by atoms with Crippen molar-refractivity contribution in [3.8, 4) is 0 Å². The first-order valence-electron chi connectivity index (χ1n) is 6.57. The molecule has 2 rings (SSSR count). The molecule has 1 unspecified atom stereocenters. The number of carbonyl (C=O) groups excluding carboxylic acids is 1. The van der Waals surface area contributed by atoms with Gasteiger partial charge >= 0.3 is 0 Å². The summed E-state index contributed by atoms with van der Waals surface area (Å²) in [4.78, 5) is 14.3. The summed E-state index contributed by atoms with van der Waals surface area (Å²) >= 11 is 5.93. The van der Waals surface area contributed by atoms with Crippen LogP contribution in [0.3, 0.4) is 0 Å². The number of nitrogens with zero attached hydrogens (tertiary/aromatic N) is 1. The average Bonchev–Trinajstić information content (AvgIpc) is 2.41. The van der Waals surface area contributed by atoms with Crippen LogP contribution in [0.2, 0.25) is 5.02 Å². The van der Waals surface area contributed by atoms with Crippen molar-refractivity contribution in [1.29, 1.82) is 0 Å². The lowest BCUT2D eigenvalue weighted by Gasteiger charge is -2.32. The molecule has 19 heavy (non-hydrogen) atoms. The van der Waals surface area contributed by atoms with E-state index in [-0.39, 0.29) is 12.0 Å². The highest BCUT2D eigenvalue weighted by Crippen LogP contribution is 2.22. The summed E-state index contributed by atoms with van der Waals surface area (Å²) in [6, 6.07) is 4.98. The molecule has 0 bridgehead atoms. The highest BCUT2D eigenvalue weighted by molar-refractivity contribution is 6.31. The largest absolute Gasteiger partial charge is 0.398 e. The summed E-state index contributed by atoms with van der Waals surface area (Å²) in [6.45, 7) is 4.01. The molecule has 2 N–H and O–H groups in total. The molecule has 104 valence electrons. The van der Waals surface area contributed by atoms with Gasteiger partial charge in [-0.15, -0.1) is 0 Å². The zero-order valence-electron chi connectivity index (χ0n) is 11.1. The summed E-state index contributed by atoms with van der Waals surface area (Å²) < 4.78 is 5.60. The number of halogens is 1. The number of nitrogen functional groups attached to an aromatic ring is 1. The predicted molar refractivity (Wildman–Crippen MR) is 76.4 cm³/mol. The van der Waals surface area contributed by atoms with Gasteiger partial charge in [0.05, 0.1) is 11.7 Å². The number of carbonyl (C=O) groups is 1. The minimum atomic E-state index is -0.0654. The summed E-state index contributed by atoms with van der Waals surface area (Å²) in [6.07, 6.45) is 2.09. The van der Waals surface area contributed by atoms with E-state index in [2.05, 4.69) is 0 Å². The number of hydrogen-bond donors (Lipinski definition) is 1. The molecule has 0 radical (unpaired) electrons. The molecule has 0 saturated carbocycles. The van der Waals surface area contributed by atoms with E-state index in [0.717, 1.165) is 19.4 Å². The molecule has 1 heterocycles. The van der Waals surface area contributed by atoms with Crippen LogP contribution < -0.4 is 5.73 Å². The number of amides is 1. The summed E-state index contributed by atoms with van der Waals surface area (Å²) in [5.74, 6) is -0.0654. The standard InChI is InChI=1S/C14H19ClN2O2/c1-2-19-11-4-3-7-17(9-11)14(18)12-8-10(15)5-6-13(12)16/h5-6,8,11H,2-4,7,9,16H2,1H3. The van der Waals surface area contributed by atoms with Crippen molar-refractivity contribution in [1.82, 2.24) is 4.90 Å². The van der Waals surface area contributed by atoms with Crippen molar-refractivity contribution in [3.63, 3.8) is 0 Å². The van der Waals surface area contributed by atoms with E-state index in [0.29, 0.717) is 29.4 Å². The third-order valence-electron chi connectivity index (χ3n) is 3.31. The molecule has 1 atom stereocenters. The van der Waals surface area contributed by atoms with E-state index >= 15 is 0 Å². The molecular formula is C14H19ClN2O2. The van der Waals surface area contributed by atoms with Crippen LogP contribution in [0.4, 0.5) is 5.69 Å². The number of nitrogens with two attached hydrogens (primary N) is 1. The van der Waals surface area contributed by atoms with Crippen LogP contribution in [0.5, 0.6) is 0 Å². The average molecular weight is 283 g/mol. The van der Waals surface area contributed by atoms with Gasteiger partial charge in [0.1, 0.15) is 0 Å². The third kappa shape index (κ3) is 3.39. The molecule has 1 fully saturated rings. The lowest BCUT2D eigenvalue weighted by Crippen LogP contribution is -2.43. The third-order valence-corrected chi connectivity index (χ3v) is 3.55. The van der Waals surface area contributed by atoms with Gasteiger partial charge in [-0.1, -0.05) is 11.6 Å². The molecule has 0 aromatic heterocycles. The van der Waals surface area contributed by atoms with Crippen LogP contribution in [0, 0.1) is 0 Å². The molecule has 1 aromatic carbocycles. The van der Waals surface area contributed by atoms with Gasteiger partial charge in [0.25, 0.3) is 5.91 Å². The Morgan fingerprint density at radius 2 is 2.37 bits per heavy atom. The number of anilines is 1. The van der Waals surface area contributed by atoms with Gasteiger partial charge in [0.15, 0.2) is 0 Å². The fraction of sp³-hybridized carbons (Fsp3) is 0.500. The number of hydrogen-bond acceptors (Lipinski definition) is 3. The zero-order valence-corrected chi connectivity index (χ0v) is 11.8. The van der Waals surface area contributed by atoms with E-state index in [1.807, 2.05) is 6.92 Å². The Bertz CT molecular complexity index is 463. The lowest BCUT2D eigenvalue weighted by atomic mass is 10.1. The van der Waals surface area contributed by atoms with Gasteiger partial charge in [-0.2, -0.15) is 0 Å². The van der Waals surface area contributed by atoms with Crippen molar-refractivity contribution in [3.05, 3.63) is 28.8 Å². The number of benzene rings is 1. The topological polar surface area (TPSA) is 55.6 Å². The van der Waals surface area contributed by atoms with Crippen molar-refractivity contribution in [2.24, 2.45) is 0 Å². The lowest BCUT2D eigenvalue weighted by molar-refractivity contribution is 0.00728. The minimum Gasteiger partial charge on any atom is -0.398 e. The summed E-state index contributed by atoms with van der Waals surface area (Å²) in [5.41, 5.74) is 6.80. The maximum atomic E-state index is 12.5. The first-order chi connectivity index (χ1) is 9.11. The SMILES string of the molecule is CCOC1CCCN(C(=O)c2cc(Cl)ccc2N)C1. The monoisotopic (exact) mass is 282 g/mol. The van der Waals surface area contributed by atoms with Gasteiger partial charge in [0.2, 0.25) is 0 Å². The van der Waals surface area contributed by atoms with Gasteiger partial charge in [-0.05, 0) is 38.0 Å². The zero-order chi connectivity index (χ0) is 13.8. The molecule has 0 spiro atoms. The maximum Gasteiger partial charge on any atom is 0.256 e.